The molecule has 0 unspecified atom stereocenters. The molecule has 0 aliphatic carbocycles. The van der Waals surface area contributed by atoms with Gasteiger partial charge in [-0.15, -0.1) is 0 Å². The maximum absolute atomic E-state index is 15.1. The number of anilines is 2. The van der Waals surface area contributed by atoms with E-state index in [1.54, 1.807) is 6.07 Å². The van der Waals surface area contributed by atoms with E-state index < -0.39 is 11.8 Å². The molecule has 1 aliphatic rings. The summed E-state index contributed by atoms with van der Waals surface area (Å²) in [4.78, 5) is 22.6. The molecule has 9 heteroatoms. The van der Waals surface area contributed by atoms with Gasteiger partial charge in [-0.2, -0.15) is 10.1 Å². The molecule has 174 valence electrons. The Morgan fingerprint density at radius 2 is 1.88 bits per heavy atom. The highest BCUT2D eigenvalue weighted by Gasteiger charge is 2.21. The molecule has 0 radical (unpaired) electrons. The van der Waals surface area contributed by atoms with Gasteiger partial charge in [0.05, 0.1) is 23.0 Å². The summed E-state index contributed by atoms with van der Waals surface area (Å²) in [6.07, 6.45) is 4.69. The van der Waals surface area contributed by atoms with E-state index in [1.807, 2.05) is 32.0 Å². The van der Waals surface area contributed by atoms with Crippen LogP contribution in [-0.2, 0) is 6.54 Å². The Morgan fingerprint density at radius 3 is 2.56 bits per heavy atom. The Hall–Kier alpha value is -4.01. The Labute approximate surface area is 196 Å². The van der Waals surface area contributed by atoms with Crippen LogP contribution >= 0.6 is 0 Å². The van der Waals surface area contributed by atoms with Crippen LogP contribution in [0.2, 0.25) is 0 Å². The SMILES string of the molecule is Cc1cccc(C)c1CNc1cc2c(N3CCCC3)nc(-n3cc(C(=O)O)cn3)nc2cc1F. The smallest absolute Gasteiger partial charge is 0.338 e. The zero-order valence-corrected chi connectivity index (χ0v) is 19.0. The van der Waals surface area contributed by atoms with E-state index >= 15 is 4.39 Å². The van der Waals surface area contributed by atoms with Gasteiger partial charge in [0, 0.05) is 37.3 Å². The maximum Gasteiger partial charge on any atom is 0.338 e. The Kier molecular flexibility index (Phi) is 5.61. The Morgan fingerprint density at radius 1 is 1.15 bits per heavy atom. The van der Waals surface area contributed by atoms with Crippen molar-refractivity contribution in [1.29, 1.82) is 0 Å². The van der Waals surface area contributed by atoms with E-state index in [1.165, 1.54) is 23.1 Å². The molecular weight excluding hydrogens is 435 g/mol. The minimum atomic E-state index is -1.09. The fourth-order valence-electron chi connectivity index (χ4n) is 4.38. The van der Waals surface area contributed by atoms with Crippen molar-refractivity contribution < 1.29 is 14.3 Å². The first-order chi connectivity index (χ1) is 16.4. The number of halogens is 1. The van der Waals surface area contributed by atoms with Crippen molar-refractivity contribution in [3.8, 4) is 5.95 Å². The molecule has 2 aromatic carbocycles. The predicted octanol–water partition coefficient (Wildman–Crippen LogP) is 4.48. The third-order valence-electron chi connectivity index (χ3n) is 6.29. The second kappa shape index (κ2) is 8.74. The van der Waals surface area contributed by atoms with Crippen molar-refractivity contribution in [2.45, 2.75) is 33.2 Å². The summed E-state index contributed by atoms with van der Waals surface area (Å²) in [6, 6.07) is 9.27. The number of carboxylic acids is 1. The lowest BCUT2D eigenvalue weighted by molar-refractivity contribution is 0.0697. The van der Waals surface area contributed by atoms with E-state index in [2.05, 4.69) is 20.3 Å². The van der Waals surface area contributed by atoms with Crippen LogP contribution in [0, 0.1) is 19.7 Å². The van der Waals surface area contributed by atoms with Crippen LogP contribution < -0.4 is 10.2 Å². The normalized spacial score (nSPS) is 13.6. The summed E-state index contributed by atoms with van der Waals surface area (Å²) in [5.41, 5.74) is 4.30. The van der Waals surface area contributed by atoms with Gasteiger partial charge < -0.3 is 15.3 Å². The number of nitrogens with one attached hydrogen (secondary N) is 1. The van der Waals surface area contributed by atoms with Gasteiger partial charge in [-0.3, -0.25) is 0 Å². The number of aromatic nitrogens is 4. The van der Waals surface area contributed by atoms with E-state index in [-0.39, 0.29) is 11.5 Å². The number of hydrogen-bond acceptors (Lipinski definition) is 6. The first-order valence-electron chi connectivity index (χ1n) is 11.2. The average Bonchev–Trinajstić information content (AvgIpc) is 3.51. The molecule has 0 atom stereocenters. The monoisotopic (exact) mass is 460 g/mol. The molecule has 2 N–H and O–H groups in total. The second-order valence-electron chi connectivity index (χ2n) is 8.59. The van der Waals surface area contributed by atoms with Crippen molar-refractivity contribution in [3.05, 3.63) is 70.8 Å². The molecule has 4 aromatic rings. The van der Waals surface area contributed by atoms with Gasteiger partial charge >= 0.3 is 5.97 Å². The van der Waals surface area contributed by atoms with Crippen LogP contribution in [0.3, 0.4) is 0 Å². The minimum absolute atomic E-state index is 0.0312. The molecule has 1 saturated heterocycles. The largest absolute Gasteiger partial charge is 0.478 e. The Balaban J connectivity index is 1.57. The van der Waals surface area contributed by atoms with Crippen LogP contribution in [0.5, 0.6) is 0 Å². The molecule has 0 saturated carbocycles. The number of nitrogens with zero attached hydrogens (tertiary/aromatic N) is 5. The van der Waals surface area contributed by atoms with Gasteiger partial charge in [0.1, 0.15) is 11.6 Å². The number of carbonyl (C=O) groups is 1. The molecule has 1 fully saturated rings. The lowest BCUT2D eigenvalue weighted by atomic mass is 10.0. The van der Waals surface area contributed by atoms with Crippen LogP contribution in [0.4, 0.5) is 15.9 Å². The van der Waals surface area contributed by atoms with Crippen molar-refractivity contribution in [3.63, 3.8) is 0 Å². The number of hydrogen-bond donors (Lipinski definition) is 2. The van der Waals surface area contributed by atoms with Crippen molar-refractivity contribution in [1.82, 2.24) is 19.7 Å². The highest BCUT2D eigenvalue weighted by Crippen LogP contribution is 2.32. The van der Waals surface area contributed by atoms with Crippen molar-refractivity contribution in [2.24, 2.45) is 0 Å². The number of fused-ring (bicyclic) bond motifs is 1. The van der Waals surface area contributed by atoms with Gasteiger partial charge in [-0.05, 0) is 49.4 Å². The minimum Gasteiger partial charge on any atom is -0.478 e. The van der Waals surface area contributed by atoms with Gasteiger partial charge in [0.25, 0.3) is 5.95 Å². The maximum atomic E-state index is 15.1. The van der Waals surface area contributed by atoms with Crippen molar-refractivity contribution >= 4 is 28.4 Å². The fourth-order valence-corrected chi connectivity index (χ4v) is 4.38. The highest BCUT2D eigenvalue weighted by molar-refractivity contribution is 5.93. The quantitative estimate of drug-likeness (QED) is 0.438. The zero-order valence-electron chi connectivity index (χ0n) is 19.0. The first kappa shape index (κ1) is 21.8. The van der Waals surface area contributed by atoms with Gasteiger partial charge in [0.15, 0.2) is 0 Å². The molecular formula is C25H25FN6O2. The number of rotatable bonds is 6. The van der Waals surface area contributed by atoms with E-state index in [4.69, 9.17) is 4.98 Å². The topological polar surface area (TPSA) is 96.2 Å². The lowest BCUT2D eigenvalue weighted by Gasteiger charge is -2.20. The van der Waals surface area contributed by atoms with Gasteiger partial charge in [-0.1, -0.05) is 18.2 Å². The number of benzene rings is 2. The molecule has 8 nitrogen and oxygen atoms in total. The summed E-state index contributed by atoms with van der Waals surface area (Å²) in [5, 5.41) is 17.3. The van der Waals surface area contributed by atoms with Crippen LogP contribution in [0.1, 0.15) is 39.9 Å². The fraction of sp³-hybridized carbons (Fsp3) is 0.280. The van der Waals surface area contributed by atoms with Crippen LogP contribution in [-0.4, -0.2) is 43.9 Å². The summed E-state index contributed by atoms with van der Waals surface area (Å²) in [7, 11) is 0. The van der Waals surface area contributed by atoms with Gasteiger partial charge in [0.2, 0.25) is 0 Å². The first-order valence-corrected chi connectivity index (χ1v) is 11.2. The summed E-state index contributed by atoms with van der Waals surface area (Å²) < 4.78 is 16.5. The zero-order chi connectivity index (χ0) is 23.8. The third kappa shape index (κ3) is 4.05. The standard InChI is InChI=1S/C25H25FN6O2/c1-15-6-5-7-16(2)19(15)13-27-22-10-18-21(11-20(22)26)29-25(30-23(18)31-8-3-4-9-31)32-14-17(12-28-32)24(33)34/h5-7,10-12,14,27H,3-4,8-9,13H2,1-2H3,(H,33,34). The predicted molar refractivity (Wildman–Crippen MR) is 128 cm³/mol. The molecule has 5 rings (SSSR count). The number of aryl methyl sites for hydroxylation is 2. The molecule has 1 aliphatic heterocycles. The summed E-state index contributed by atoms with van der Waals surface area (Å²) >= 11 is 0. The van der Waals surface area contributed by atoms with Crippen LogP contribution in [0.25, 0.3) is 16.9 Å². The summed E-state index contributed by atoms with van der Waals surface area (Å²) in [6.45, 7) is 6.28. The molecule has 3 heterocycles. The third-order valence-corrected chi connectivity index (χ3v) is 6.29. The number of carboxylic acid groups (broad SMARTS) is 1. The second-order valence-corrected chi connectivity index (χ2v) is 8.59. The average molecular weight is 461 g/mol. The molecule has 0 amide bonds. The highest BCUT2D eigenvalue weighted by atomic mass is 19.1. The van der Waals surface area contributed by atoms with Crippen molar-refractivity contribution in [2.75, 3.05) is 23.3 Å². The van der Waals surface area contributed by atoms with Crippen LogP contribution in [0.15, 0.2) is 42.7 Å². The summed E-state index contributed by atoms with van der Waals surface area (Å²) in [5.74, 6) is -0.600. The molecule has 0 bridgehead atoms. The molecule has 0 spiro atoms. The molecule has 34 heavy (non-hydrogen) atoms. The Bertz CT molecular complexity index is 1370. The van der Waals surface area contributed by atoms with E-state index in [9.17, 15) is 9.90 Å². The van der Waals surface area contributed by atoms with Gasteiger partial charge in [-0.25, -0.2) is 18.9 Å². The number of aromatic carboxylic acids is 1. The van der Waals surface area contributed by atoms with E-state index in [0.29, 0.717) is 23.6 Å². The molecule has 2 aromatic heterocycles. The van der Waals surface area contributed by atoms with E-state index in [0.717, 1.165) is 48.0 Å². The lowest BCUT2D eigenvalue weighted by Crippen LogP contribution is -2.21.